The molecule has 9 heteroatoms. The van der Waals surface area contributed by atoms with Gasteiger partial charge >= 0.3 is 0 Å². The van der Waals surface area contributed by atoms with Gasteiger partial charge in [0.05, 0.1) is 48.2 Å². The average Bonchev–Trinajstić information content (AvgIpc) is 3.40. The van der Waals surface area contributed by atoms with E-state index in [0.29, 0.717) is 19.8 Å². The zero-order valence-electron chi connectivity index (χ0n) is 19.7. The van der Waals surface area contributed by atoms with Crippen LogP contribution in [0.4, 0.5) is 5.69 Å². The molecule has 0 radical (unpaired) electrons. The number of aromatic amines is 1. The topological polar surface area (TPSA) is 93.1 Å². The number of nitrogens with zero attached hydrogens (tertiary/aromatic N) is 5. The van der Waals surface area contributed by atoms with E-state index >= 15 is 0 Å². The molecule has 1 aliphatic rings. The number of fused-ring (bicyclic) bond motifs is 4. The standard InChI is InChI=1S/C25H29N7O2/c1-31(2)9-8-26-18-6-4-17-5-7-21-19-13-22(27-15-23(19)30-29-21)20-14-28-32(3)24(20)16-33-10-11-34-25(17)12-18/h4-7,12-15,26H,8-11,16H2,1-3H3,(H,29,30)/b7-5+. The minimum atomic E-state index is 0.421. The Kier molecular flexibility index (Phi) is 6.29. The minimum Gasteiger partial charge on any atom is -0.490 e. The van der Waals surface area contributed by atoms with Crippen LogP contribution in [-0.2, 0) is 18.4 Å². The van der Waals surface area contributed by atoms with Crippen molar-refractivity contribution < 1.29 is 9.47 Å². The van der Waals surface area contributed by atoms with E-state index in [1.165, 1.54) is 0 Å². The maximum atomic E-state index is 6.14. The largest absolute Gasteiger partial charge is 0.490 e. The van der Waals surface area contributed by atoms with E-state index in [4.69, 9.17) is 9.47 Å². The first-order chi connectivity index (χ1) is 16.6. The molecule has 0 saturated heterocycles. The Morgan fingerprint density at radius 3 is 2.94 bits per heavy atom. The number of hydrogen-bond donors (Lipinski definition) is 2. The lowest BCUT2D eigenvalue weighted by molar-refractivity contribution is 0.0853. The maximum absolute atomic E-state index is 6.14. The number of likely N-dealkylation sites (N-methyl/N-ethyl adjacent to an activating group) is 1. The predicted molar refractivity (Wildman–Crippen MR) is 134 cm³/mol. The van der Waals surface area contributed by atoms with E-state index in [2.05, 4.69) is 56.7 Å². The summed E-state index contributed by atoms with van der Waals surface area (Å²) in [6.07, 6.45) is 7.68. The number of pyridine rings is 1. The van der Waals surface area contributed by atoms with Gasteiger partial charge in [0.1, 0.15) is 12.4 Å². The Hall–Kier alpha value is -3.69. The van der Waals surface area contributed by atoms with Crippen LogP contribution in [0.1, 0.15) is 17.0 Å². The monoisotopic (exact) mass is 459 g/mol. The van der Waals surface area contributed by atoms with E-state index in [1.54, 1.807) is 0 Å². The van der Waals surface area contributed by atoms with Crippen molar-refractivity contribution in [2.24, 2.45) is 7.05 Å². The maximum Gasteiger partial charge on any atom is 0.128 e. The molecule has 0 spiro atoms. The Labute approximate surface area is 198 Å². The van der Waals surface area contributed by atoms with Gasteiger partial charge in [0.15, 0.2) is 0 Å². The minimum absolute atomic E-state index is 0.421. The normalized spacial score (nSPS) is 14.8. The van der Waals surface area contributed by atoms with E-state index in [-0.39, 0.29) is 0 Å². The van der Waals surface area contributed by atoms with Crippen molar-refractivity contribution in [3.8, 4) is 17.0 Å². The summed E-state index contributed by atoms with van der Waals surface area (Å²) in [5, 5.41) is 16.5. The second kappa shape index (κ2) is 9.66. The summed E-state index contributed by atoms with van der Waals surface area (Å²) >= 11 is 0. The van der Waals surface area contributed by atoms with Gasteiger partial charge in [-0.25, -0.2) is 0 Å². The molecule has 0 fully saturated rings. The second-order valence-corrected chi connectivity index (χ2v) is 8.57. The second-order valence-electron chi connectivity index (χ2n) is 8.57. The fourth-order valence-corrected chi connectivity index (χ4v) is 3.94. The summed E-state index contributed by atoms with van der Waals surface area (Å²) < 4.78 is 13.9. The first-order valence-electron chi connectivity index (χ1n) is 11.3. The van der Waals surface area contributed by atoms with E-state index in [9.17, 15) is 0 Å². The fourth-order valence-electron chi connectivity index (χ4n) is 3.94. The molecule has 9 nitrogen and oxygen atoms in total. The number of anilines is 1. The highest BCUT2D eigenvalue weighted by Gasteiger charge is 2.15. The summed E-state index contributed by atoms with van der Waals surface area (Å²) in [5.41, 5.74) is 6.48. The third-order valence-corrected chi connectivity index (χ3v) is 5.86. The van der Waals surface area contributed by atoms with Gasteiger partial charge in [-0.05, 0) is 44.4 Å². The molecule has 0 amide bonds. The molecule has 0 aliphatic carbocycles. The highest BCUT2D eigenvalue weighted by Crippen LogP contribution is 2.29. The Balaban J connectivity index is 1.51. The van der Waals surface area contributed by atoms with E-state index in [0.717, 1.165) is 63.6 Å². The van der Waals surface area contributed by atoms with Gasteiger partial charge in [0.25, 0.3) is 0 Å². The van der Waals surface area contributed by atoms with Gasteiger partial charge in [-0.2, -0.15) is 10.2 Å². The number of ether oxygens (including phenoxy) is 2. The SMILES string of the molecule is CN(C)CCNc1ccc2c(c1)OCCOCc1c(cnn1C)-c1cc3c(n[nH]c3cn1)/C=C/2. The summed E-state index contributed by atoms with van der Waals surface area (Å²) in [5.74, 6) is 0.799. The third-order valence-electron chi connectivity index (χ3n) is 5.86. The van der Waals surface area contributed by atoms with Crippen molar-refractivity contribution in [1.82, 2.24) is 29.9 Å². The molecule has 34 heavy (non-hydrogen) atoms. The van der Waals surface area contributed by atoms with Crippen molar-refractivity contribution in [3.63, 3.8) is 0 Å². The lowest BCUT2D eigenvalue weighted by atomic mass is 10.1. The Morgan fingerprint density at radius 2 is 2.06 bits per heavy atom. The molecule has 4 heterocycles. The average molecular weight is 460 g/mol. The number of aromatic nitrogens is 5. The van der Waals surface area contributed by atoms with Crippen molar-refractivity contribution in [1.29, 1.82) is 0 Å². The first-order valence-corrected chi connectivity index (χ1v) is 11.3. The zero-order chi connectivity index (χ0) is 23.5. The van der Waals surface area contributed by atoms with Crippen molar-refractivity contribution in [3.05, 3.63) is 53.6 Å². The zero-order valence-corrected chi connectivity index (χ0v) is 19.7. The molecule has 0 unspecified atom stereocenters. The van der Waals surface area contributed by atoms with Gasteiger partial charge in [-0.1, -0.05) is 0 Å². The molecule has 0 atom stereocenters. The number of H-pyrrole nitrogens is 1. The van der Waals surface area contributed by atoms with Crippen LogP contribution >= 0.6 is 0 Å². The number of benzene rings is 1. The van der Waals surface area contributed by atoms with Crippen molar-refractivity contribution >= 4 is 28.7 Å². The molecule has 5 rings (SSSR count). The highest BCUT2D eigenvalue weighted by molar-refractivity contribution is 5.91. The fraction of sp³-hybridized carbons (Fsp3) is 0.320. The molecule has 4 aromatic rings. The van der Waals surface area contributed by atoms with Gasteiger partial charge in [-0.15, -0.1) is 0 Å². The lowest BCUT2D eigenvalue weighted by Crippen LogP contribution is -2.20. The summed E-state index contributed by atoms with van der Waals surface area (Å²) in [4.78, 5) is 6.77. The molecular weight excluding hydrogens is 430 g/mol. The van der Waals surface area contributed by atoms with Gasteiger partial charge in [-0.3, -0.25) is 14.8 Å². The molecule has 3 aromatic heterocycles. The van der Waals surface area contributed by atoms with E-state index in [1.807, 2.05) is 48.4 Å². The van der Waals surface area contributed by atoms with Crippen LogP contribution in [0.25, 0.3) is 34.3 Å². The number of hydrogen-bond acceptors (Lipinski definition) is 7. The summed E-state index contributed by atoms with van der Waals surface area (Å²) in [6.45, 7) is 3.12. The lowest BCUT2D eigenvalue weighted by Gasteiger charge is -2.14. The van der Waals surface area contributed by atoms with Crippen LogP contribution in [0, 0.1) is 0 Å². The quantitative estimate of drug-likeness (QED) is 0.483. The highest BCUT2D eigenvalue weighted by atomic mass is 16.5. The predicted octanol–water partition coefficient (Wildman–Crippen LogP) is 3.41. The van der Waals surface area contributed by atoms with Crippen LogP contribution in [-0.4, -0.2) is 70.3 Å². The van der Waals surface area contributed by atoms with Crippen LogP contribution in [0.2, 0.25) is 0 Å². The van der Waals surface area contributed by atoms with Crippen LogP contribution < -0.4 is 10.1 Å². The number of nitrogens with one attached hydrogen (secondary N) is 2. The first kappa shape index (κ1) is 22.1. The van der Waals surface area contributed by atoms with Gasteiger partial charge in [0, 0.05) is 48.4 Å². The molecular formula is C25H29N7O2. The molecule has 2 bridgehead atoms. The third kappa shape index (κ3) is 4.66. The van der Waals surface area contributed by atoms with Gasteiger partial charge < -0.3 is 19.7 Å². The molecule has 176 valence electrons. The summed E-state index contributed by atoms with van der Waals surface area (Å²) in [6, 6.07) is 8.22. The van der Waals surface area contributed by atoms with E-state index < -0.39 is 0 Å². The van der Waals surface area contributed by atoms with Gasteiger partial charge in [0.2, 0.25) is 0 Å². The van der Waals surface area contributed by atoms with Crippen LogP contribution in [0.15, 0.2) is 36.7 Å². The molecule has 2 N–H and O–H groups in total. The smallest absolute Gasteiger partial charge is 0.128 e. The number of rotatable bonds is 4. The van der Waals surface area contributed by atoms with Crippen molar-refractivity contribution in [2.45, 2.75) is 6.61 Å². The molecule has 0 saturated carbocycles. The molecule has 1 aromatic carbocycles. The van der Waals surface area contributed by atoms with Crippen molar-refractivity contribution in [2.75, 3.05) is 45.7 Å². The molecule has 1 aliphatic heterocycles. The Morgan fingerprint density at radius 1 is 1.15 bits per heavy atom. The summed E-state index contributed by atoms with van der Waals surface area (Å²) in [7, 11) is 6.04. The van der Waals surface area contributed by atoms with Crippen LogP contribution in [0.3, 0.4) is 0 Å². The van der Waals surface area contributed by atoms with Crippen LogP contribution in [0.5, 0.6) is 5.75 Å². The Bertz CT molecular complexity index is 1320. The number of aryl methyl sites for hydroxylation is 1.